The van der Waals surface area contributed by atoms with Crippen molar-refractivity contribution in [2.75, 3.05) is 0 Å². The van der Waals surface area contributed by atoms with Crippen LogP contribution in [0.25, 0.3) is 0 Å². The number of carbonyl (C=O) groups is 1. The highest BCUT2D eigenvalue weighted by Crippen LogP contribution is 2.21. The monoisotopic (exact) mass is 243 g/mol. The second kappa shape index (κ2) is 7.12. The van der Waals surface area contributed by atoms with Crippen LogP contribution in [0.1, 0.15) is 11.1 Å². The second-order valence-electron chi connectivity index (χ2n) is 3.86. The minimum Gasteiger partial charge on any atom is -0.457 e. The molecule has 0 radical (unpaired) electrons. The van der Waals surface area contributed by atoms with E-state index in [9.17, 15) is 0 Å². The van der Waals surface area contributed by atoms with Crippen LogP contribution in [0.15, 0.2) is 48.5 Å². The summed E-state index contributed by atoms with van der Waals surface area (Å²) in [4.78, 5) is 8.58. The standard InChI is InChI=1S/C14H14O.CH3NO/c1-11-3-7-13(8-4-11)15-14-9-5-12(2)6-10-14;2-1-3/h3-10H,1-2H3;1H,(H2,2,3). The van der Waals surface area contributed by atoms with Crippen LogP contribution < -0.4 is 10.5 Å². The summed E-state index contributed by atoms with van der Waals surface area (Å²) >= 11 is 0. The SMILES string of the molecule is Cc1ccc(Oc2ccc(C)cc2)cc1.NC=O. The lowest BCUT2D eigenvalue weighted by Gasteiger charge is -2.05. The Morgan fingerprint density at radius 1 is 0.833 bits per heavy atom. The molecule has 3 nitrogen and oxygen atoms in total. The Morgan fingerprint density at radius 2 is 1.11 bits per heavy atom. The van der Waals surface area contributed by atoms with Crippen LogP contribution in [0.4, 0.5) is 0 Å². The Bertz CT molecular complexity index is 431. The minimum absolute atomic E-state index is 0.250. The average Bonchev–Trinajstić information content (AvgIpc) is 2.36. The number of carbonyl (C=O) groups excluding carboxylic acids is 1. The van der Waals surface area contributed by atoms with Gasteiger partial charge in [-0.3, -0.25) is 4.79 Å². The van der Waals surface area contributed by atoms with E-state index in [0.717, 1.165) is 11.5 Å². The van der Waals surface area contributed by atoms with Crippen molar-refractivity contribution in [3.8, 4) is 11.5 Å². The molecular formula is C15H17NO2. The molecule has 0 unspecified atom stereocenters. The van der Waals surface area contributed by atoms with Crippen molar-refractivity contribution in [2.24, 2.45) is 5.73 Å². The molecule has 0 fully saturated rings. The van der Waals surface area contributed by atoms with Crippen LogP contribution in [0.3, 0.4) is 0 Å². The van der Waals surface area contributed by atoms with E-state index in [0.29, 0.717) is 0 Å². The van der Waals surface area contributed by atoms with Gasteiger partial charge in [-0.25, -0.2) is 0 Å². The zero-order chi connectivity index (χ0) is 13.4. The minimum atomic E-state index is 0.250. The van der Waals surface area contributed by atoms with E-state index in [2.05, 4.69) is 19.6 Å². The summed E-state index contributed by atoms with van der Waals surface area (Å²) in [7, 11) is 0. The van der Waals surface area contributed by atoms with Gasteiger partial charge in [0.2, 0.25) is 6.41 Å². The molecule has 0 aliphatic heterocycles. The normalized spacial score (nSPS) is 9.00. The lowest BCUT2D eigenvalue weighted by Crippen LogP contribution is -1.84. The topological polar surface area (TPSA) is 52.3 Å². The van der Waals surface area contributed by atoms with E-state index in [-0.39, 0.29) is 6.41 Å². The summed E-state index contributed by atoms with van der Waals surface area (Å²) in [5.41, 5.74) is 6.65. The molecule has 2 rings (SSSR count). The molecule has 3 heteroatoms. The van der Waals surface area contributed by atoms with Gasteiger partial charge in [0.25, 0.3) is 0 Å². The maximum atomic E-state index is 8.58. The van der Waals surface area contributed by atoms with Crippen LogP contribution in [-0.2, 0) is 4.79 Å². The lowest BCUT2D eigenvalue weighted by atomic mass is 10.2. The summed E-state index contributed by atoms with van der Waals surface area (Å²) in [6, 6.07) is 16.1. The molecule has 0 aliphatic carbocycles. The summed E-state index contributed by atoms with van der Waals surface area (Å²) in [5.74, 6) is 1.76. The molecule has 0 aliphatic rings. The van der Waals surface area contributed by atoms with Gasteiger partial charge in [0.15, 0.2) is 0 Å². The molecule has 0 heterocycles. The van der Waals surface area contributed by atoms with Crippen molar-refractivity contribution in [3.05, 3.63) is 59.7 Å². The molecule has 2 aromatic carbocycles. The van der Waals surface area contributed by atoms with E-state index in [1.165, 1.54) is 11.1 Å². The van der Waals surface area contributed by atoms with Crippen molar-refractivity contribution < 1.29 is 9.53 Å². The number of rotatable bonds is 2. The molecule has 2 aromatic rings. The summed E-state index contributed by atoms with van der Waals surface area (Å²) < 4.78 is 5.69. The van der Waals surface area contributed by atoms with Gasteiger partial charge in [0, 0.05) is 0 Å². The van der Waals surface area contributed by atoms with Crippen LogP contribution in [0.2, 0.25) is 0 Å². The van der Waals surface area contributed by atoms with Crippen molar-refractivity contribution in [1.29, 1.82) is 0 Å². The maximum Gasteiger partial charge on any atom is 0.204 e. The lowest BCUT2D eigenvalue weighted by molar-refractivity contribution is -0.106. The van der Waals surface area contributed by atoms with Crippen LogP contribution in [0, 0.1) is 13.8 Å². The molecule has 0 aromatic heterocycles. The van der Waals surface area contributed by atoms with E-state index in [4.69, 9.17) is 9.53 Å². The maximum absolute atomic E-state index is 8.58. The number of aryl methyl sites for hydroxylation is 2. The van der Waals surface area contributed by atoms with Gasteiger partial charge >= 0.3 is 0 Å². The third kappa shape index (κ3) is 4.70. The zero-order valence-electron chi connectivity index (χ0n) is 10.6. The summed E-state index contributed by atoms with van der Waals surface area (Å²) in [5, 5.41) is 0. The first-order valence-corrected chi connectivity index (χ1v) is 5.62. The molecule has 0 saturated heterocycles. The fourth-order valence-corrected chi connectivity index (χ4v) is 1.35. The van der Waals surface area contributed by atoms with Crippen LogP contribution >= 0.6 is 0 Å². The van der Waals surface area contributed by atoms with Gasteiger partial charge < -0.3 is 10.5 Å². The van der Waals surface area contributed by atoms with Gasteiger partial charge in [0.05, 0.1) is 0 Å². The van der Waals surface area contributed by atoms with Crippen molar-refractivity contribution in [1.82, 2.24) is 0 Å². The fraction of sp³-hybridized carbons (Fsp3) is 0.133. The van der Waals surface area contributed by atoms with Crippen molar-refractivity contribution >= 4 is 6.41 Å². The number of primary amides is 1. The molecule has 0 saturated carbocycles. The highest BCUT2D eigenvalue weighted by Gasteiger charge is 1.95. The zero-order valence-corrected chi connectivity index (χ0v) is 10.6. The Hall–Kier alpha value is -2.29. The van der Waals surface area contributed by atoms with Gasteiger partial charge in [-0.15, -0.1) is 0 Å². The third-order valence-electron chi connectivity index (χ3n) is 2.28. The molecule has 18 heavy (non-hydrogen) atoms. The highest BCUT2D eigenvalue weighted by molar-refractivity contribution is 5.42. The molecular weight excluding hydrogens is 226 g/mol. The van der Waals surface area contributed by atoms with Crippen LogP contribution in [-0.4, -0.2) is 6.41 Å². The molecule has 1 amide bonds. The second-order valence-corrected chi connectivity index (χ2v) is 3.86. The van der Waals surface area contributed by atoms with E-state index < -0.39 is 0 Å². The first kappa shape index (κ1) is 13.8. The quantitative estimate of drug-likeness (QED) is 0.823. The number of hydrogen-bond acceptors (Lipinski definition) is 2. The predicted octanol–water partition coefficient (Wildman–Crippen LogP) is 3.20. The summed E-state index contributed by atoms with van der Waals surface area (Å²) in [6.45, 7) is 4.13. The van der Waals surface area contributed by atoms with Crippen molar-refractivity contribution in [3.63, 3.8) is 0 Å². The number of nitrogens with two attached hydrogens (primary N) is 1. The summed E-state index contributed by atoms with van der Waals surface area (Å²) in [6.07, 6.45) is 0.250. The van der Waals surface area contributed by atoms with Crippen LogP contribution in [0.5, 0.6) is 11.5 Å². The number of amides is 1. The molecule has 0 spiro atoms. The number of ether oxygens (including phenoxy) is 1. The van der Waals surface area contributed by atoms with Crippen molar-refractivity contribution in [2.45, 2.75) is 13.8 Å². The van der Waals surface area contributed by atoms with Gasteiger partial charge in [0.1, 0.15) is 11.5 Å². The first-order valence-electron chi connectivity index (χ1n) is 5.62. The fourth-order valence-electron chi connectivity index (χ4n) is 1.35. The Balaban J connectivity index is 0.000000492. The van der Waals surface area contributed by atoms with E-state index >= 15 is 0 Å². The molecule has 0 atom stereocenters. The predicted molar refractivity (Wildman–Crippen MR) is 72.7 cm³/mol. The first-order chi connectivity index (χ1) is 8.65. The Morgan fingerprint density at radius 3 is 1.39 bits per heavy atom. The van der Waals surface area contributed by atoms with E-state index in [1.54, 1.807) is 0 Å². The number of hydrogen-bond donors (Lipinski definition) is 1. The molecule has 0 bridgehead atoms. The Labute approximate surface area is 107 Å². The number of benzene rings is 2. The smallest absolute Gasteiger partial charge is 0.204 e. The Kier molecular flexibility index (Phi) is 5.45. The highest BCUT2D eigenvalue weighted by atomic mass is 16.5. The molecule has 94 valence electrons. The third-order valence-corrected chi connectivity index (χ3v) is 2.28. The molecule has 2 N–H and O–H groups in total. The van der Waals surface area contributed by atoms with Gasteiger partial charge in [-0.1, -0.05) is 35.4 Å². The van der Waals surface area contributed by atoms with Gasteiger partial charge in [-0.2, -0.15) is 0 Å². The average molecular weight is 243 g/mol. The van der Waals surface area contributed by atoms with Gasteiger partial charge in [-0.05, 0) is 38.1 Å². The van der Waals surface area contributed by atoms with E-state index in [1.807, 2.05) is 48.5 Å². The largest absolute Gasteiger partial charge is 0.457 e.